The van der Waals surface area contributed by atoms with Crippen molar-refractivity contribution in [1.82, 2.24) is 20.2 Å². The first-order chi connectivity index (χ1) is 8.28. The summed E-state index contributed by atoms with van der Waals surface area (Å²) in [4.78, 5) is 1.32. The van der Waals surface area contributed by atoms with Gasteiger partial charge in [-0.25, -0.2) is 0 Å². The lowest BCUT2D eigenvalue weighted by molar-refractivity contribution is 0.257. The fourth-order valence-electron chi connectivity index (χ4n) is 1.20. The molecular formula is C10H11ClN4O2. The van der Waals surface area contributed by atoms with Crippen LogP contribution in [-0.2, 0) is 13.2 Å². The summed E-state index contributed by atoms with van der Waals surface area (Å²) in [6, 6.07) is 7.01. The third kappa shape index (κ3) is 3.40. The molecule has 0 unspecified atom stereocenters. The highest BCUT2D eigenvalue weighted by Gasteiger charge is 2.03. The summed E-state index contributed by atoms with van der Waals surface area (Å²) in [5.41, 5.74) is 0. The van der Waals surface area contributed by atoms with Gasteiger partial charge in [0.15, 0.2) is 6.61 Å². The van der Waals surface area contributed by atoms with E-state index in [1.165, 1.54) is 4.80 Å². The first-order valence-electron chi connectivity index (χ1n) is 5.04. The normalized spacial score (nSPS) is 10.5. The van der Waals surface area contributed by atoms with E-state index in [1.54, 1.807) is 24.3 Å². The van der Waals surface area contributed by atoms with Crippen molar-refractivity contribution < 1.29 is 9.84 Å². The summed E-state index contributed by atoms with van der Waals surface area (Å²) >= 11 is 5.75. The van der Waals surface area contributed by atoms with Crippen LogP contribution in [0, 0.1) is 0 Å². The van der Waals surface area contributed by atoms with Gasteiger partial charge in [0.1, 0.15) is 5.75 Å². The number of ether oxygens (including phenoxy) is 1. The highest BCUT2D eigenvalue weighted by atomic mass is 35.5. The maximum atomic E-state index is 8.69. The Balaban J connectivity index is 1.90. The molecule has 0 spiro atoms. The predicted molar refractivity (Wildman–Crippen MR) is 60.7 cm³/mol. The number of tetrazole rings is 1. The number of nitrogens with zero attached hydrogens (tertiary/aromatic N) is 4. The maximum Gasteiger partial charge on any atom is 0.212 e. The van der Waals surface area contributed by atoms with Crippen molar-refractivity contribution in [3.63, 3.8) is 0 Å². The van der Waals surface area contributed by atoms with Crippen LogP contribution in [0.25, 0.3) is 0 Å². The van der Waals surface area contributed by atoms with E-state index in [4.69, 9.17) is 21.4 Å². The zero-order chi connectivity index (χ0) is 12.1. The van der Waals surface area contributed by atoms with Gasteiger partial charge < -0.3 is 9.84 Å². The monoisotopic (exact) mass is 254 g/mol. The molecule has 6 nitrogen and oxygen atoms in total. The zero-order valence-corrected chi connectivity index (χ0v) is 9.71. The Morgan fingerprint density at radius 1 is 1.29 bits per heavy atom. The second-order valence-electron chi connectivity index (χ2n) is 3.27. The van der Waals surface area contributed by atoms with Gasteiger partial charge in [0, 0.05) is 5.02 Å². The number of halogens is 1. The number of hydrogen-bond donors (Lipinski definition) is 1. The van der Waals surface area contributed by atoms with E-state index in [1.807, 2.05) is 0 Å². The van der Waals surface area contributed by atoms with Crippen molar-refractivity contribution in [2.24, 2.45) is 0 Å². The van der Waals surface area contributed by atoms with E-state index in [0.717, 1.165) is 0 Å². The first-order valence-corrected chi connectivity index (χ1v) is 5.41. The second-order valence-corrected chi connectivity index (χ2v) is 3.70. The van der Waals surface area contributed by atoms with Crippen molar-refractivity contribution in [1.29, 1.82) is 0 Å². The molecule has 0 fully saturated rings. The molecule has 0 amide bonds. The lowest BCUT2D eigenvalue weighted by atomic mass is 10.3. The zero-order valence-electron chi connectivity index (χ0n) is 8.95. The highest BCUT2D eigenvalue weighted by Crippen LogP contribution is 2.16. The van der Waals surface area contributed by atoms with E-state index >= 15 is 0 Å². The Labute approximate surface area is 103 Å². The molecule has 0 aliphatic rings. The number of aromatic nitrogens is 4. The molecule has 17 heavy (non-hydrogen) atoms. The quantitative estimate of drug-likeness (QED) is 0.858. The smallest absolute Gasteiger partial charge is 0.212 e. The van der Waals surface area contributed by atoms with Crippen molar-refractivity contribution in [3.8, 4) is 5.75 Å². The summed E-state index contributed by atoms with van der Waals surface area (Å²) in [6.07, 6.45) is 0. The highest BCUT2D eigenvalue weighted by molar-refractivity contribution is 6.30. The molecule has 0 saturated carbocycles. The standard InChI is InChI=1S/C10H11ClN4O2/c11-8-1-3-9(4-2-8)17-7-10-12-14-15(13-10)5-6-16/h1-4,16H,5-7H2. The third-order valence-electron chi connectivity index (χ3n) is 1.98. The van der Waals surface area contributed by atoms with Gasteiger partial charge in [0.05, 0.1) is 13.2 Å². The van der Waals surface area contributed by atoms with Gasteiger partial charge in [-0.05, 0) is 29.5 Å². The number of hydrogen-bond acceptors (Lipinski definition) is 5. The maximum absolute atomic E-state index is 8.69. The Hall–Kier alpha value is -1.66. The molecule has 90 valence electrons. The van der Waals surface area contributed by atoms with Gasteiger partial charge in [-0.2, -0.15) is 4.80 Å². The van der Waals surface area contributed by atoms with Crippen LogP contribution >= 0.6 is 11.6 Å². The summed E-state index contributed by atoms with van der Waals surface area (Å²) in [6.45, 7) is 0.537. The third-order valence-corrected chi connectivity index (χ3v) is 2.23. The average Bonchev–Trinajstić information content (AvgIpc) is 2.77. The summed E-state index contributed by atoms with van der Waals surface area (Å²) in [5, 5.41) is 20.9. The lowest BCUT2D eigenvalue weighted by Gasteiger charge is -2.02. The minimum Gasteiger partial charge on any atom is -0.485 e. The van der Waals surface area contributed by atoms with Crippen LogP contribution in [0.4, 0.5) is 0 Å². The second kappa shape index (κ2) is 5.60. The van der Waals surface area contributed by atoms with E-state index in [-0.39, 0.29) is 13.2 Å². The molecule has 1 heterocycles. The van der Waals surface area contributed by atoms with Gasteiger partial charge in [0.2, 0.25) is 5.82 Å². The summed E-state index contributed by atoms with van der Waals surface area (Å²) in [7, 11) is 0. The molecular weight excluding hydrogens is 244 g/mol. The van der Waals surface area contributed by atoms with Gasteiger partial charge in [-0.1, -0.05) is 11.6 Å². The molecule has 0 aliphatic carbocycles. The van der Waals surface area contributed by atoms with Crippen molar-refractivity contribution in [2.45, 2.75) is 13.2 Å². The SMILES string of the molecule is OCCn1nnc(COc2ccc(Cl)cc2)n1. The summed E-state index contributed by atoms with van der Waals surface area (Å²) < 4.78 is 5.44. The molecule has 0 radical (unpaired) electrons. The first kappa shape index (κ1) is 11.8. The lowest BCUT2D eigenvalue weighted by Crippen LogP contribution is -2.06. The van der Waals surface area contributed by atoms with E-state index in [0.29, 0.717) is 23.1 Å². The van der Waals surface area contributed by atoms with Gasteiger partial charge in [-0.15, -0.1) is 10.2 Å². The van der Waals surface area contributed by atoms with Crippen LogP contribution in [0.1, 0.15) is 5.82 Å². The van der Waals surface area contributed by atoms with Crippen LogP contribution in [0.2, 0.25) is 5.02 Å². The number of aliphatic hydroxyl groups is 1. The van der Waals surface area contributed by atoms with Gasteiger partial charge in [0.25, 0.3) is 0 Å². The fourth-order valence-corrected chi connectivity index (χ4v) is 1.32. The molecule has 1 aromatic carbocycles. The molecule has 0 saturated heterocycles. The van der Waals surface area contributed by atoms with Crippen LogP contribution < -0.4 is 4.74 Å². The number of benzene rings is 1. The molecule has 2 aromatic rings. The molecule has 1 N–H and O–H groups in total. The molecule has 0 aliphatic heterocycles. The number of rotatable bonds is 5. The Bertz CT molecular complexity index is 471. The van der Waals surface area contributed by atoms with Crippen LogP contribution in [0.3, 0.4) is 0 Å². The minimum absolute atomic E-state index is 0.0200. The Morgan fingerprint density at radius 2 is 2.06 bits per heavy atom. The van der Waals surface area contributed by atoms with Gasteiger partial charge >= 0.3 is 0 Å². The molecule has 0 atom stereocenters. The largest absolute Gasteiger partial charge is 0.485 e. The van der Waals surface area contributed by atoms with E-state index < -0.39 is 0 Å². The van der Waals surface area contributed by atoms with Gasteiger partial charge in [-0.3, -0.25) is 0 Å². The van der Waals surface area contributed by atoms with Crippen molar-refractivity contribution >= 4 is 11.6 Å². The predicted octanol–water partition coefficient (Wildman–Crippen LogP) is 0.898. The molecule has 1 aromatic heterocycles. The van der Waals surface area contributed by atoms with E-state index in [9.17, 15) is 0 Å². The Morgan fingerprint density at radius 3 is 2.76 bits per heavy atom. The molecule has 0 bridgehead atoms. The van der Waals surface area contributed by atoms with Crippen molar-refractivity contribution in [2.75, 3.05) is 6.61 Å². The van der Waals surface area contributed by atoms with Crippen LogP contribution in [0.15, 0.2) is 24.3 Å². The summed E-state index contributed by atoms with van der Waals surface area (Å²) in [5.74, 6) is 1.15. The van der Waals surface area contributed by atoms with E-state index in [2.05, 4.69) is 15.4 Å². The number of aliphatic hydroxyl groups excluding tert-OH is 1. The fraction of sp³-hybridized carbons (Fsp3) is 0.300. The topological polar surface area (TPSA) is 73.1 Å². The Kier molecular flexibility index (Phi) is 3.89. The molecule has 2 rings (SSSR count). The average molecular weight is 255 g/mol. The van der Waals surface area contributed by atoms with Crippen LogP contribution in [-0.4, -0.2) is 31.9 Å². The van der Waals surface area contributed by atoms with Crippen LogP contribution in [0.5, 0.6) is 5.75 Å². The minimum atomic E-state index is -0.0200. The molecule has 7 heteroatoms. The van der Waals surface area contributed by atoms with Crippen molar-refractivity contribution in [3.05, 3.63) is 35.1 Å².